The Kier molecular flexibility index (Phi) is 7.67. The molecule has 3 aromatic carbocycles. The van der Waals surface area contributed by atoms with Gasteiger partial charge in [0.1, 0.15) is 6.04 Å². The van der Waals surface area contributed by atoms with Gasteiger partial charge in [0.2, 0.25) is 5.91 Å². The molecule has 1 amide bonds. The van der Waals surface area contributed by atoms with E-state index in [1.807, 2.05) is 73.7 Å². The van der Waals surface area contributed by atoms with Gasteiger partial charge in [-0.05, 0) is 27.9 Å². The van der Waals surface area contributed by atoms with Crippen LogP contribution >= 0.6 is 0 Å². The van der Waals surface area contributed by atoms with Crippen LogP contribution in [0.2, 0.25) is 5.04 Å². The van der Waals surface area contributed by atoms with Crippen molar-refractivity contribution in [2.75, 3.05) is 6.61 Å². The predicted octanol–water partition coefficient (Wildman–Crippen LogP) is 3.77. The van der Waals surface area contributed by atoms with Crippen LogP contribution in [0.3, 0.4) is 0 Å². The van der Waals surface area contributed by atoms with Gasteiger partial charge in [-0.1, -0.05) is 112 Å². The number of nitrogens with two attached hydrogens (primary N) is 1. The van der Waals surface area contributed by atoms with Crippen LogP contribution < -0.4 is 21.4 Å². The molecule has 0 radical (unpaired) electrons. The van der Waals surface area contributed by atoms with Crippen molar-refractivity contribution in [3.8, 4) is 0 Å². The molecule has 4 nitrogen and oxygen atoms in total. The molecule has 3 rings (SSSR count). The standard InChI is InChI=1S/C27H34N2O2Si/c1-21(22-14-8-5-9-15-22)29-26(30)25(28)20-31-32(27(2,3)4,23-16-10-6-11-17-23)24-18-12-7-13-19-24/h5-19,21,25H,20,28H2,1-4H3,(H,29,30)/t21-,25+/m1/s1. The first-order valence-corrected chi connectivity index (χ1v) is 13.0. The van der Waals surface area contributed by atoms with Crippen LogP contribution in [0.25, 0.3) is 0 Å². The second kappa shape index (κ2) is 10.3. The van der Waals surface area contributed by atoms with Crippen molar-refractivity contribution >= 4 is 24.6 Å². The highest BCUT2D eigenvalue weighted by molar-refractivity contribution is 6.99. The maximum absolute atomic E-state index is 12.9. The van der Waals surface area contributed by atoms with Crippen LogP contribution in [-0.2, 0) is 9.22 Å². The number of carbonyl (C=O) groups excluding carboxylic acids is 1. The van der Waals surface area contributed by atoms with Gasteiger partial charge >= 0.3 is 0 Å². The van der Waals surface area contributed by atoms with Gasteiger partial charge in [0, 0.05) is 0 Å². The third-order valence-corrected chi connectivity index (χ3v) is 10.9. The minimum absolute atomic E-state index is 0.123. The van der Waals surface area contributed by atoms with Gasteiger partial charge in [-0.25, -0.2) is 0 Å². The fourth-order valence-electron chi connectivity index (χ4n) is 4.20. The Hall–Kier alpha value is -2.73. The van der Waals surface area contributed by atoms with Crippen molar-refractivity contribution in [3.05, 3.63) is 96.6 Å². The van der Waals surface area contributed by atoms with Crippen molar-refractivity contribution < 1.29 is 9.22 Å². The maximum Gasteiger partial charge on any atom is 0.261 e. The highest BCUT2D eigenvalue weighted by Crippen LogP contribution is 2.36. The van der Waals surface area contributed by atoms with Gasteiger partial charge in [0.15, 0.2) is 0 Å². The van der Waals surface area contributed by atoms with Gasteiger partial charge in [-0.15, -0.1) is 0 Å². The zero-order valence-corrected chi connectivity index (χ0v) is 20.4. The van der Waals surface area contributed by atoms with E-state index in [1.165, 1.54) is 10.4 Å². The van der Waals surface area contributed by atoms with Crippen molar-refractivity contribution in [2.45, 2.75) is 44.8 Å². The van der Waals surface area contributed by atoms with Crippen LogP contribution in [0, 0.1) is 0 Å². The smallest absolute Gasteiger partial charge is 0.261 e. The largest absolute Gasteiger partial charge is 0.405 e. The van der Waals surface area contributed by atoms with E-state index in [-0.39, 0.29) is 23.6 Å². The average molecular weight is 447 g/mol. The third kappa shape index (κ3) is 5.18. The van der Waals surface area contributed by atoms with Gasteiger partial charge in [-0.2, -0.15) is 0 Å². The molecule has 0 unspecified atom stereocenters. The Morgan fingerprint density at radius 3 is 1.75 bits per heavy atom. The first-order valence-electron chi connectivity index (χ1n) is 11.1. The SMILES string of the molecule is C[C@@H](NC(=O)[C@@H](N)CO[Si](c1ccccc1)(c1ccccc1)C(C)(C)C)c1ccccc1. The van der Waals surface area contributed by atoms with Crippen LogP contribution in [-0.4, -0.2) is 26.9 Å². The van der Waals surface area contributed by atoms with Crippen molar-refractivity contribution in [1.29, 1.82) is 0 Å². The summed E-state index contributed by atoms with van der Waals surface area (Å²) in [7, 11) is -2.72. The van der Waals surface area contributed by atoms with E-state index in [0.29, 0.717) is 0 Å². The quantitative estimate of drug-likeness (QED) is 0.518. The molecule has 3 N–H and O–H groups in total. The molecule has 3 aromatic rings. The molecule has 0 heterocycles. The summed E-state index contributed by atoms with van der Waals surface area (Å²) in [6.45, 7) is 8.75. The number of hydrogen-bond donors (Lipinski definition) is 2. The number of benzene rings is 3. The molecule has 0 aliphatic carbocycles. The molecule has 0 aliphatic heterocycles. The molecule has 0 bridgehead atoms. The minimum Gasteiger partial charge on any atom is -0.405 e. The summed E-state index contributed by atoms with van der Waals surface area (Å²) in [4.78, 5) is 12.9. The van der Waals surface area contributed by atoms with Gasteiger partial charge < -0.3 is 15.5 Å². The minimum atomic E-state index is -2.72. The molecule has 5 heteroatoms. The summed E-state index contributed by atoms with van der Waals surface area (Å²) in [6, 6.07) is 29.7. The molecule has 0 aliphatic rings. The fourth-order valence-corrected chi connectivity index (χ4v) is 8.78. The summed E-state index contributed by atoms with van der Waals surface area (Å²) in [5.41, 5.74) is 7.38. The fraction of sp³-hybridized carbons (Fsp3) is 0.296. The van der Waals surface area contributed by atoms with E-state index < -0.39 is 14.4 Å². The first-order chi connectivity index (χ1) is 15.3. The number of nitrogens with one attached hydrogen (secondary N) is 1. The average Bonchev–Trinajstić information content (AvgIpc) is 2.80. The Morgan fingerprint density at radius 1 is 0.875 bits per heavy atom. The van der Waals surface area contributed by atoms with Crippen LogP contribution in [0.15, 0.2) is 91.0 Å². The Balaban J connectivity index is 1.85. The Morgan fingerprint density at radius 2 is 1.31 bits per heavy atom. The van der Waals surface area contributed by atoms with E-state index >= 15 is 0 Å². The van der Waals surface area contributed by atoms with E-state index in [0.717, 1.165) is 5.56 Å². The highest BCUT2D eigenvalue weighted by atomic mass is 28.4. The lowest BCUT2D eigenvalue weighted by Gasteiger charge is -2.43. The van der Waals surface area contributed by atoms with Gasteiger partial charge in [0.05, 0.1) is 12.6 Å². The highest BCUT2D eigenvalue weighted by Gasteiger charge is 2.50. The molecular formula is C27H34N2O2Si. The Labute approximate surface area is 192 Å². The molecule has 32 heavy (non-hydrogen) atoms. The topological polar surface area (TPSA) is 64.4 Å². The molecule has 0 aromatic heterocycles. The van der Waals surface area contributed by atoms with E-state index in [4.69, 9.17) is 10.2 Å². The number of hydrogen-bond acceptors (Lipinski definition) is 3. The lowest BCUT2D eigenvalue weighted by atomic mass is 10.1. The summed E-state index contributed by atoms with van der Waals surface area (Å²) < 4.78 is 6.79. The molecule has 2 atom stereocenters. The van der Waals surface area contributed by atoms with Gasteiger partial charge in [0.25, 0.3) is 8.32 Å². The number of rotatable bonds is 8. The molecule has 0 fully saturated rings. The summed E-state index contributed by atoms with van der Waals surface area (Å²) in [6.07, 6.45) is 0. The van der Waals surface area contributed by atoms with Crippen LogP contribution in [0.1, 0.15) is 39.3 Å². The monoisotopic (exact) mass is 446 g/mol. The van der Waals surface area contributed by atoms with Gasteiger partial charge in [-0.3, -0.25) is 4.79 Å². The second-order valence-corrected chi connectivity index (χ2v) is 13.5. The lowest BCUT2D eigenvalue weighted by molar-refractivity contribution is -0.123. The molecule has 0 spiro atoms. The lowest BCUT2D eigenvalue weighted by Crippen LogP contribution is -2.67. The normalized spacial score (nSPS) is 13.9. The second-order valence-electron chi connectivity index (χ2n) is 9.22. The zero-order chi connectivity index (χ0) is 23.2. The van der Waals surface area contributed by atoms with E-state index in [2.05, 4.69) is 50.4 Å². The summed E-state index contributed by atoms with van der Waals surface area (Å²) in [5, 5.41) is 5.20. The molecule has 0 saturated heterocycles. The van der Waals surface area contributed by atoms with Crippen LogP contribution in [0.5, 0.6) is 0 Å². The summed E-state index contributed by atoms with van der Waals surface area (Å²) in [5.74, 6) is -0.209. The zero-order valence-electron chi connectivity index (χ0n) is 19.4. The van der Waals surface area contributed by atoms with Crippen molar-refractivity contribution in [1.82, 2.24) is 5.32 Å². The molecule has 0 saturated carbocycles. The van der Waals surface area contributed by atoms with E-state index in [1.54, 1.807) is 0 Å². The Bertz CT molecular complexity index is 949. The van der Waals surface area contributed by atoms with E-state index in [9.17, 15) is 4.79 Å². The summed E-state index contributed by atoms with van der Waals surface area (Å²) >= 11 is 0. The molecular weight excluding hydrogens is 412 g/mol. The first kappa shape index (κ1) is 23.9. The van der Waals surface area contributed by atoms with Crippen LogP contribution in [0.4, 0.5) is 0 Å². The number of carbonyl (C=O) groups is 1. The predicted molar refractivity (Wildman–Crippen MR) is 135 cm³/mol. The molecule has 168 valence electrons. The number of amides is 1. The third-order valence-electron chi connectivity index (χ3n) is 5.89. The van der Waals surface area contributed by atoms with Crippen molar-refractivity contribution in [3.63, 3.8) is 0 Å². The van der Waals surface area contributed by atoms with Crippen molar-refractivity contribution in [2.24, 2.45) is 5.73 Å². The maximum atomic E-state index is 12.9.